The van der Waals surface area contributed by atoms with Crippen LogP contribution in [0.4, 0.5) is 0 Å². The number of carbonyl (C=O) groups is 3. The molecule has 3 rings (SSSR count). The summed E-state index contributed by atoms with van der Waals surface area (Å²) in [4.78, 5) is 37.2. The normalized spacial score (nSPS) is 19.1. The van der Waals surface area contributed by atoms with Crippen LogP contribution in [0, 0.1) is 5.92 Å². The summed E-state index contributed by atoms with van der Waals surface area (Å²) in [5.74, 6) is -2.23. The molecule has 2 aromatic carbocycles. The zero-order valence-electron chi connectivity index (χ0n) is 13.0. The van der Waals surface area contributed by atoms with E-state index in [1.54, 1.807) is 36.4 Å². The van der Waals surface area contributed by atoms with Gasteiger partial charge in [-0.1, -0.05) is 60.1 Å². The number of hydrogen-bond acceptors (Lipinski definition) is 4. The van der Waals surface area contributed by atoms with Gasteiger partial charge >= 0.3 is 0 Å². The van der Waals surface area contributed by atoms with E-state index in [0.717, 1.165) is 22.9 Å². The summed E-state index contributed by atoms with van der Waals surface area (Å²) in [6, 6.07) is 16.2. The van der Waals surface area contributed by atoms with Gasteiger partial charge in [-0.05, 0) is 47.2 Å². The first-order valence-electron chi connectivity index (χ1n) is 7.55. The molecular weight excluding hydrogens is 356 g/mol. The molecule has 0 spiro atoms. The maximum absolute atomic E-state index is 12.4. The lowest BCUT2D eigenvalue weighted by Gasteiger charge is -2.00. The fourth-order valence-electron chi connectivity index (χ4n) is 2.40. The van der Waals surface area contributed by atoms with E-state index in [9.17, 15) is 14.4 Å². The Morgan fingerprint density at radius 1 is 1.00 bits per heavy atom. The molecule has 124 valence electrons. The number of carbonyl (C=O) groups excluding carboxylic acids is 3. The molecular formula is C20H13ClO3S. The topological polar surface area (TPSA) is 51.2 Å². The largest absolute Gasteiger partial charge is 0.293 e. The van der Waals surface area contributed by atoms with Crippen LogP contribution in [0.25, 0.3) is 12.2 Å². The summed E-state index contributed by atoms with van der Waals surface area (Å²) in [7, 11) is 0. The molecule has 0 radical (unpaired) electrons. The minimum Gasteiger partial charge on any atom is -0.293 e. The summed E-state index contributed by atoms with van der Waals surface area (Å²) in [5.41, 5.74) is 1.54. The van der Waals surface area contributed by atoms with Gasteiger partial charge in [-0.2, -0.15) is 0 Å². The molecule has 2 aromatic rings. The van der Waals surface area contributed by atoms with Gasteiger partial charge in [0.05, 0.1) is 4.91 Å². The van der Waals surface area contributed by atoms with E-state index in [1.165, 1.54) is 6.08 Å². The van der Waals surface area contributed by atoms with Gasteiger partial charge in [0.25, 0.3) is 0 Å². The summed E-state index contributed by atoms with van der Waals surface area (Å²) >= 11 is 6.72. The van der Waals surface area contributed by atoms with E-state index in [0.29, 0.717) is 9.93 Å². The Morgan fingerprint density at radius 3 is 2.44 bits per heavy atom. The Balaban J connectivity index is 1.78. The third-order valence-corrected chi connectivity index (χ3v) is 4.83. The van der Waals surface area contributed by atoms with Crippen LogP contribution in [0.15, 0.2) is 65.6 Å². The Kier molecular flexibility index (Phi) is 5.31. The molecule has 1 unspecified atom stereocenters. The van der Waals surface area contributed by atoms with Crippen molar-refractivity contribution in [1.29, 1.82) is 0 Å². The molecule has 0 amide bonds. The van der Waals surface area contributed by atoms with Gasteiger partial charge in [0.2, 0.25) is 5.12 Å². The first kappa shape index (κ1) is 17.4. The third-order valence-electron chi connectivity index (χ3n) is 3.62. The average molecular weight is 369 g/mol. The number of Topliss-reactive ketones (excluding diaryl/α,β-unsaturated/α-hetero) is 1. The van der Waals surface area contributed by atoms with Crippen LogP contribution in [0.5, 0.6) is 0 Å². The van der Waals surface area contributed by atoms with Gasteiger partial charge in [0, 0.05) is 5.02 Å². The highest BCUT2D eigenvalue weighted by molar-refractivity contribution is 8.18. The van der Waals surface area contributed by atoms with Gasteiger partial charge in [0.15, 0.2) is 17.5 Å². The Labute approximate surface area is 154 Å². The second-order valence-electron chi connectivity index (χ2n) is 5.43. The molecule has 3 nitrogen and oxygen atoms in total. The molecule has 1 fully saturated rings. The van der Waals surface area contributed by atoms with Crippen LogP contribution >= 0.6 is 23.4 Å². The number of benzene rings is 2. The van der Waals surface area contributed by atoms with Crippen LogP contribution < -0.4 is 0 Å². The minimum absolute atomic E-state index is 0.297. The van der Waals surface area contributed by atoms with E-state index in [-0.39, 0.29) is 0 Å². The van der Waals surface area contributed by atoms with Crippen LogP contribution in [0.3, 0.4) is 0 Å². The molecule has 1 heterocycles. The van der Waals surface area contributed by atoms with Gasteiger partial charge < -0.3 is 0 Å². The lowest BCUT2D eigenvalue weighted by Crippen LogP contribution is -2.23. The predicted octanol–water partition coefficient (Wildman–Crippen LogP) is 4.42. The van der Waals surface area contributed by atoms with Gasteiger partial charge in [-0.25, -0.2) is 0 Å². The summed E-state index contributed by atoms with van der Waals surface area (Å²) in [6.45, 7) is 0. The standard InChI is InChI=1S/C20H13ClO3S/c21-15-8-4-7-14(11-15)9-10-16(22)18-19(23)17(25-20(18)24)12-13-5-2-1-3-6-13/h1-12,18H/b10-9+,17-12-. The highest BCUT2D eigenvalue weighted by atomic mass is 35.5. The number of allylic oxidation sites excluding steroid dienone is 2. The summed E-state index contributed by atoms with van der Waals surface area (Å²) < 4.78 is 0. The van der Waals surface area contributed by atoms with Crippen molar-refractivity contribution in [1.82, 2.24) is 0 Å². The van der Waals surface area contributed by atoms with Gasteiger partial charge in [-0.3, -0.25) is 14.4 Å². The van der Waals surface area contributed by atoms with Crippen LogP contribution in [-0.4, -0.2) is 16.7 Å². The molecule has 1 atom stereocenters. The van der Waals surface area contributed by atoms with Crippen molar-refractivity contribution in [3.63, 3.8) is 0 Å². The van der Waals surface area contributed by atoms with Crippen LogP contribution in [0.1, 0.15) is 11.1 Å². The smallest absolute Gasteiger partial charge is 0.212 e. The van der Waals surface area contributed by atoms with Crippen molar-refractivity contribution in [2.24, 2.45) is 5.92 Å². The van der Waals surface area contributed by atoms with Crippen LogP contribution in [-0.2, 0) is 14.4 Å². The number of thioether (sulfide) groups is 1. The van der Waals surface area contributed by atoms with E-state index in [4.69, 9.17) is 11.6 Å². The van der Waals surface area contributed by atoms with Crippen molar-refractivity contribution < 1.29 is 14.4 Å². The second kappa shape index (κ2) is 7.64. The van der Waals surface area contributed by atoms with Crippen molar-refractivity contribution in [2.45, 2.75) is 0 Å². The molecule has 0 saturated carbocycles. The Bertz CT molecular complexity index is 900. The Morgan fingerprint density at radius 2 is 1.72 bits per heavy atom. The number of hydrogen-bond donors (Lipinski definition) is 0. The zero-order valence-corrected chi connectivity index (χ0v) is 14.6. The second-order valence-corrected chi connectivity index (χ2v) is 6.91. The summed E-state index contributed by atoms with van der Waals surface area (Å²) in [5, 5.41) is 0.110. The third kappa shape index (κ3) is 4.16. The Hall–Kier alpha value is -2.43. The molecule has 0 bridgehead atoms. The first-order valence-corrected chi connectivity index (χ1v) is 8.74. The number of rotatable bonds is 4. The quantitative estimate of drug-likeness (QED) is 0.592. The maximum atomic E-state index is 12.4. The lowest BCUT2D eigenvalue weighted by molar-refractivity contribution is -0.131. The predicted molar refractivity (Wildman–Crippen MR) is 101 cm³/mol. The first-order chi connectivity index (χ1) is 12.0. The zero-order chi connectivity index (χ0) is 17.8. The molecule has 0 N–H and O–H groups in total. The lowest BCUT2D eigenvalue weighted by atomic mass is 9.98. The molecule has 1 saturated heterocycles. The highest BCUT2D eigenvalue weighted by Gasteiger charge is 2.42. The van der Waals surface area contributed by atoms with Crippen molar-refractivity contribution in [3.8, 4) is 0 Å². The summed E-state index contributed by atoms with van der Waals surface area (Å²) in [6.07, 6.45) is 4.45. The van der Waals surface area contributed by atoms with E-state index in [2.05, 4.69) is 0 Å². The van der Waals surface area contributed by atoms with Gasteiger partial charge in [-0.15, -0.1) is 0 Å². The molecule has 0 aliphatic carbocycles. The number of halogens is 1. The molecule has 1 aliphatic heterocycles. The minimum atomic E-state index is -1.27. The molecule has 5 heteroatoms. The fourth-order valence-corrected chi connectivity index (χ4v) is 3.57. The monoisotopic (exact) mass is 368 g/mol. The maximum Gasteiger partial charge on any atom is 0.212 e. The van der Waals surface area contributed by atoms with Crippen LogP contribution in [0.2, 0.25) is 5.02 Å². The highest BCUT2D eigenvalue weighted by Crippen LogP contribution is 2.35. The van der Waals surface area contributed by atoms with Gasteiger partial charge in [0.1, 0.15) is 0 Å². The fraction of sp³-hybridized carbons (Fsp3) is 0.0500. The van der Waals surface area contributed by atoms with Crippen molar-refractivity contribution in [3.05, 3.63) is 81.7 Å². The van der Waals surface area contributed by atoms with E-state index in [1.807, 2.05) is 30.3 Å². The average Bonchev–Trinajstić information content (AvgIpc) is 2.87. The molecule has 0 aromatic heterocycles. The molecule has 1 aliphatic rings. The van der Waals surface area contributed by atoms with E-state index >= 15 is 0 Å². The molecule has 25 heavy (non-hydrogen) atoms. The van der Waals surface area contributed by atoms with E-state index < -0.39 is 22.6 Å². The SMILES string of the molecule is O=C(/C=C/c1cccc(Cl)c1)C1C(=O)S/C(=C\c2ccccc2)C1=O. The van der Waals surface area contributed by atoms with Crippen molar-refractivity contribution in [2.75, 3.05) is 0 Å². The number of ketones is 2. The van der Waals surface area contributed by atoms with Crippen molar-refractivity contribution >= 4 is 52.2 Å².